The standard InChI is InChI=1S/C28H26Cl2N4O3S/c1-19-12-14-23(15-13-19)34-20(2)16-22(21(34)3)17-31-32-27(35)18-33(26-11-7-10-25(29)28(26)30)38(36,37)24-8-5-4-6-9-24/h4-17H,18H2,1-3H3,(H,32,35)/b31-17+. The number of nitrogens with zero attached hydrogens (tertiary/aromatic N) is 3. The van der Waals surface area contributed by atoms with E-state index in [1.54, 1.807) is 24.3 Å². The highest BCUT2D eigenvalue weighted by Crippen LogP contribution is 2.35. The van der Waals surface area contributed by atoms with Gasteiger partial charge in [0.1, 0.15) is 6.54 Å². The first-order chi connectivity index (χ1) is 18.1. The van der Waals surface area contributed by atoms with Gasteiger partial charge < -0.3 is 4.57 Å². The van der Waals surface area contributed by atoms with Crippen LogP contribution in [-0.4, -0.2) is 31.7 Å². The van der Waals surface area contributed by atoms with Gasteiger partial charge in [0.25, 0.3) is 15.9 Å². The van der Waals surface area contributed by atoms with Gasteiger partial charge in [-0.2, -0.15) is 5.10 Å². The smallest absolute Gasteiger partial charge is 0.264 e. The number of hydrogen-bond acceptors (Lipinski definition) is 4. The zero-order valence-corrected chi connectivity index (χ0v) is 23.3. The maximum absolute atomic E-state index is 13.5. The van der Waals surface area contributed by atoms with Crippen molar-refractivity contribution in [1.29, 1.82) is 0 Å². The Hall–Kier alpha value is -3.59. The predicted molar refractivity (Wildman–Crippen MR) is 153 cm³/mol. The van der Waals surface area contributed by atoms with Crippen LogP contribution in [0.25, 0.3) is 5.69 Å². The van der Waals surface area contributed by atoms with Gasteiger partial charge >= 0.3 is 0 Å². The van der Waals surface area contributed by atoms with E-state index in [0.29, 0.717) is 0 Å². The minimum Gasteiger partial charge on any atom is -0.318 e. The van der Waals surface area contributed by atoms with Gasteiger partial charge in [0.2, 0.25) is 0 Å². The fourth-order valence-corrected chi connectivity index (χ4v) is 5.95. The Morgan fingerprint density at radius 2 is 1.66 bits per heavy atom. The molecule has 0 aliphatic heterocycles. The lowest BCUT2D eigenvalue weighted by Gasteiger charge is -2.24. The third-order valence-electron chi connectivity index (χ3n) is 5.97. The molecule has 10 heteroatoms. The van der Waals surface area contributed by atoms with Gasteiger partial charge in [-0.3, -0.25) is 9.10 Å². The first kappa shape index (κ1) is 27.4. The summed E-state index contributed by atoms with van der Waals surface area (Å²) in [6.45, 7) is 5.43. The van der Waals surface area contributed by atoms with Crippen LogP contribution in [0.4, 0.5) is 5.69 Å². The van der Waals surface area contributed by atoms with E-state index in [2.05, 4.69) is 15.1 Å². The topological polar surface area (TPSA) is 83.8 Å². The van der Waals surface area contributed by atoms with Crippen molar-refractivity contribution in [2.45, 2.75) is 25.7 Å². The minimum atomic E-state index is -4.13. The number of halogens is 2. The first-order valence-electron chi connectivity index (χ1n) is 11.7. The highest BCUT2D eigenvalue weighted by Gasteiger charge is 2.29. The second-order valence-electron chi connectivity index (χ2n) is 8.69. The molecule has 1 amide bonds. The summed E-state index contributed by atoms with van der Waals surface area (Å²) in [5.41, 5.74) is 7.48. The van der Waals surface area contributed by atoms with Crippen LogP contribution in [0.5, 0.6) is 0 Å². The molecule has 0 radical (unpaired) electrons. The number of rotatable bonds is 8. The predicted octanol–water partition coefficient (Wildman–Crippen LogP) is 6.05. The molecule has 0 fully saturated rings. The van der Waals surface area contributed by atoms with E-state index in [4.69, 9.17) is 23.2 Å². The van der Waals surface area contributed by atoms with Crippen LogP contribution >= 0.6 is 23.2 Å². The van der Waals surface area contributed by atoms with E-state index in [1.807, 2.05) is 51.1 Å². The summed E-state index contributed by atoms with van der Waals surface area (Å²) in [4.78, 5) is 12.9. The van der Waals surface area contributed by atoms with E-state index in [9.17, 15) is 13.2 Å². The van der Waals surface area contributed by atoms with Crippen LogP contribution in [0, 0.1) is 20.8 Å². The molecular formula is C28H26Cl2N4O3S. The van der Waals surface area contributed by atoms with Crippen molar-refractivity contribution >= 4 is 51.0 Å². The molecule has 7 nitrogen and oxygen atoms in total. The number of anilines is 1. The molecule has 0 saturated heterocycles. The molecule has 0 spiro atoms. The number of hydrazone groups is 1. The van der Waals surface area contributed by atoms with Gasteiger partial charge in [0.15, 0.2) is 0 Å². The molecule has 3 aromatic carbocycles. The van der Waals surface area contributed by atoms with Gasteiger partial charge in [0.05, 0.1) is 26.8 Å². The Balaban J connectivity index is 1.57. The number of carbonyl (C=O) groups is 1. The highest BCUT2D eigenvalue weighted by atomic mass is 35.5. The summed E-state index contributed by atoms with van der Waals surface area (Å²) in [5.74, 6) is -0.649. The van der Waals surface area contributed by atoms with Crippen LogP contribution in [0.2, 0.25) is 10.0 Å². The average molecular weight is 570 g/mol. The quantitative estimate of drug-likeness (QED) is 0.207. The van der Waals surface area contributed by atoms with Crippen molar-refractivity contribution < 1.29 is 13.2 Å². The van der Waals surface area contributed by atoms with Gasteiger partial charge in [-0.1, -0.05) is 65.2 Å². The van der Waals surface area contributed by atoms with Gasteiger partial charge in [-0.15, -0.1) is 0 Å². The minimum absolute atomic E-state index is 0.0101. The Morgan fingerprint density at radius 3 is 2.34 bits per heavy atom. The number of nitrogens with one attached hydrogen (secondary N) is 1. The second kappa shape index (κ2) is 11.4. The summed E-state index contributed by atoms with van der Waals surface area (Å²) in [6.07, 6.45) is 1.54. The van der Waals surface area contributed by atoms with Crippen LogP contribution < -0.4 is 9.73 Å². The van der Waals surface area contributed by atoms with Gasteiger partial charge in [0, 0.05) is 22.6 Å². The molecule has 1 aromatic heterocycles. The van der Waals surface area contributed by atoms with Crippen molar-refractivity contribution in [2.75, 3.05) is 10.8 Å². The lowest BCUT2D eigenvalue weighted by molar-refractivity contribution is -0.119. The van der Waals surface area contributed by atoms with Crippen LogP contribution in [-0.2, 0) is 14.8 Å². The van der Waals surface area contributed by atoms with E-state index >= 15 is 0 Å². The van der Waals surface area contributed by atoms with E-state index in [0.717, 1.165) is 26.9 Å². The SMILES string of the molecule is Cc1ccc(-n2c(C)cc(/C=N/NC(=O)CN(c3cccc(Cl)c3Cl)S(=O)(=O)c3ccccc3)c2C)cc1. The number of hydrogen-bond donors (Lipinski definition) is 1. The van der Waals surface area contributed by atoms with Crippen LogP contribution in [0.15, 0.2) is 88.9 Å². The second-order valence-corrected chi connectivity index (χ2v) is 11.3. The Bertz CT molecular complexity index is 1600. The molecule has 196 valence electrons. The highest BCUT2D eigenvalue weighted by molar-refractivity contribution is 7.92. The molecule has 0 bridgehead atoms. The molecule has 0 aliphatic carbocycles. The third-order valence-corrected chi connectivity index (χ3v) is 8.56. The molecule has 1 heterocycles. The number of aromatic nitrogens is 1. The Labute approximate surface area is 232 Å². The summed E-state index contributed by atoms with van der Waals surface area (Å²) < 4.78 is 30.0. The zero-order chi connectivity index (χ0) is 27.4. The molecule has 4 aromatic rings. The summed E-state index contributed by atoms with van der Waals surface area (Å²) in [7, 11) is -4.13. The molecule has 4 rings (SSSR count). The fraction of sp³-hybridized carbons (Fsp3) is 0.143. The maximum Gasteiger partial charge on any atom is 0.264 e. The first-order valence-corrected chi connectivity index (χ1v) is 13.9. The Morgan fingerprint density at radius 1 is 0.974 bits per heavy atom. The largest absolute Gasteiger partial charge is 0.318 e. The normalized spacial score (nSPS) is 11.6. The van der Waals surface area contributed by atoms with Crippen molar-refractivity contribution in [3.05, 3.63) is 111 Å². The number of amides is 1. The monoisotopic (exact) mass is 568 g/mol. The summed E-state index contributed by atoms with van der Waals surface area (Å²) in [6, 6.07) is 22.5. The lowest BCUT2D eigenvalue weighted by atomic mass is 10.2. The molecule has 0 aliphatic rings. The fourth-order valence-electron chi connectivity index (χ4n) is 4.05. The molecule has 0 atom stereocenters. The summed E-state index contributed by atoms with van der Waals surface area (Å²) in [5, 5.41) is 4.28. The van der Waals surface area contributed by atoms with Crippen molar-refractivity contribution in [2.24, 2.45) is 5.10 Å². The maximum atomic E-state index is 13.5. The lowest BCUT2D eigenvalue weighted by Crippen LogP contribution is -2.39. The molecule has 38 heavy (non-hydrogen) atoms. The van der Waals surface area contributed by atoms with Crippen molar-refractivity contribution in [3.8, 4) is 5.69 Å². The van der Waals surface area contributed by atoms with E-state index in [1.165, 1.54) is 36.0 Å². The number of carbonyl (C=O) groups excluding carboxylic acids is 1. The van der Waals surface area contributed by atoms with Crippen LogP contribution in [0.1, 0.15) is 22.5 Å². The average Bonchev–Trinajstić information content (AvgIpc) is 3.18. The Kier molecular flexibility index (Phi) is 8.26. The van der Waals surface area contributed by atoms with E-state index < -0.39 is 22.5 Å². The summed E-state index contributed by atoms with van der Waals surface area (Å²) >= 11 is 12.5. The number of sulfonamides is 1. The van der Waals surface area contributed by atoms with E-state index in [-0.39, 0.29) is 20.6 Å². The van der Waals surface area contributed by atoms with Crippen molar-refractivity contribution in [1.82, 2.24) is 9.99 Å². The van der Waals surface area contributed by atoms with Gasteiger partial charge in [-0.25, -0.2) is 13.8 Å². The zero-order valence-electron chi connectivity index (χ0n) is 21.0. The third kappa shape index (κ3) is 5.78. The molecular weight excluding hydrogens is 543 g/mol. The molecule has 0 unspecified atom stereocenters. The number of aryl methyl sites for hydroxylation is 2. The van der Waals surface area contributed by atoms with Crippen LogP contribution in [0.3, 0.4) is 0 Å². The molecule has 0 saturated carbocycles. The molecule has 1 N–H and O–H groups in total. The number of benzene rings is 3. The van der Waals surface area contributed by atoms with Crippen molar-refractivity contribution in [3.63, 3.8) is 0 Å². The van der Waals surface area contributed by atoms with Gasteiger partial charge in [-0.05, 0) is 63.2 Å².